The Kier molecular flexibility index (Phi) is 4.18. The Hall–Kier alpha value is -1.85. The van der Waals surface area contributed by atoms with Gasteiger partial charge in [-0.25, -0.2) is 4.68 Å². The second kappa shape index (κ2) is 6.10. The van der Waals surface area contributed by atoms with Gasteiger partial charge < -0.3 is 10.6 Å². The van der Waals surface area contributed by atoms with Crippen LogP contribution in [0.2, 0.25) is 5.02 Å². The van der Waals surface area contributed by atoms with Crippen LogP contribution in [0.1, 0.15) is 22.5 Å². The largest absolute Gasteiger partial charge is 0.338 e. The molecule has 2 heterocycles. The molecule has 5 nitrogen and oxygen atoms in total. The highest BCUT2D eigenvalue weighted by molar-refractivity contribution is 6.30. The van der Waals surface area contributed by atoms with E-state index in [1.54, 1.807) is 10.9 Å². The molecule has 1 aliphatic heterocycles. The summed E-state index contributed by atoms with van der Waals surface area (Å²) in [5.41, 5.74) is 7.95. The summed E-state index contributed by atoms with van der Waals surface area (Å²) in [5.74, 6) is 0.448. The second-order valence-electron chi connectivity index (χ2n) is 5.69. The molecule has 0 radical (unpaired) electrons. The normalized spacial score (nSPS) is 18.0. The highest BCUT2D eigenvalue weighted by Crippen LogP contribution is 2.20. The van der Waals surface area contributed by atoms with Gasteiger partial charge in [0.15, 0.2) is 0 Å². The Morgan fingerprint density at radius 3 is 2.77 bits per heavy atom. The number of carbonyl (C=O) groups excluding carboxylic acids is 1. The van der Waals surface area contributed by atoms with Crippen LogP contribution < -0.4 is 5.73 Å². The zero-order chi connectivity index (χ0) is 15.7. The number of benzene rings is 1. The summed E-state index contributed by atoms with van der Waals surface area (Å²) in [6.45, 7) is 4.00. The van der Waals surface area contributed by atoms with Crippen molar-refractivity contribution in [2.24, 2.45) is 11.7 Å². The van der Waals surface area contributed by atoms with E-state index in [9.17, 15) is 4.79 Å². The van der Waals surface area contributed by atoms with Crippen LogP contribution in [-0.4, -0.2) is 40.2 Å². The minimum atomic E-state index is 0.0358. The molecule has 1 aromatic carbocycles. The van der Waals surface area contributed by atoms with Gasteiger partial charge in [0, 0.05) is 24.3 Å². The fourth-order valence-electron chi connectivity index (χ4n) is 2.78. The summed E-state index contributed by atoms with van der Waals surface area (Å²) in [6.07, 6.45) is 2.77. The van der Waals surface area contributed by atoms with Crippen LogP contribution >= 0.6 is 11.6 Å². The van der Waals surface area contributed by atoms with E-state index in [-0.39, 0.29) is 5.91 Å². The lowest BCUT2D eigenvalue weighted by atomic mass is 10.1. The SMILES string of the molecule is Cc1nn(-c2ccc(Cl)cc2)cc1C(=O)N1CCC(CN)C1. The first-order chi connectivity index (χ1) is 10.6. The summed E-state index contributed by atoms with van der Waals surface area (Å²) in [6, 6.07) is 7.37. The summed E-state index contributed by atoms with van der Waals surface area (Å²) in [4.78, 5) is 14.5. The van der Waals surface area contributed by atoms with Crippen LogP contribution in [0.4, 0.5) is 0 Å². The number of hydrogen-bond donors (Lipinski definition) is 1. The minimum Gasteiger partial charge on any atom is -0.338 e. The van der Waals surface area contributed by atoms with Crippen LogP contribution in [0.15, 0.2) is 30.5 Å². The zero-order valence-corrected chi connectivity index (χ0v) is 13.3. The van der Waals surface area contributed by atoms with Crippen molar-refractivity contribution in [3.8, 4) is 5.69 Å². The van der Waals surface area contributed by atoms with Gasteiger partial charge in [-0.2, -0.15) is 5.10 Å². The lowest BCUT2D eigenvalue weighted by Crippen LogP contribution is -2.30. The number of amides is 1. The quantitative estimate of drug-likeness (QED) is 0.944. The molecular formula is C16H19ClN4O. The van der Waals surface area contributed by atoms with Crippen molar-refractivity contribution in [3.05, 3.63) is 46.7 Å². The molecule has 1 unspecified atom stereocenters. The van der Waals surface area contributed by atoms with E-state index in [0.717, 1.165) is 30.9 Å². The van der Waals surface area contributed by atoms with E-state index in [0.29, 0.717) is 23.0 Å². The summed E-state index contributed by atoms with van der Waals surface area (Å²) < 4.78 is 1.72. The van der Waals surface area contributed by atoms with E-state index in [4.69, 9.17) is 17.3 Å². The molecule has 2 aromatic rings. The maximum absolute atomic E-state index is 12.6. The molecule has 3 rings (SSSR count). The molecule has 0 spiro atoms. The Morgan fingerprint density at radius 2 is 2.14 bits per heavy atom. The molecule has 1 atom stereocenters. The average Bonchev–Trinajstić information content (AvgIpc) is 3.14. The van der Waals surface area contributed by atoms with Gasteiger partial charge in [-0.1, -0.05) is 11.6 Å². The third-order valence-electron chi connectivity index (χ3n) is 4.13. The number of rotatable bonds is 3. The first kappa shape index (κ1) is 15.1. The number of aromatic nitrogens is 2. The summed E-state index contributed by atoms with van der Waals surface area (Å²) in [5, 5.41) is 5.12. The predicted molar refractivity (Wildman–Crippen MR) is 86.4 cm³/mol. The molecule has 0 saturated carbocycles. The molecule has 6 heteroatoms. The first-order valence-electron chi connectivity index (χ1n) is 7.40. The van der Waals surface area contributed by atoms with E-state index in [1.807, 2.05) is 36.1 Å². The third kappa shape index (κ3) is 2.87. The fraction of sp³-hybridized carbons (Fsp3) is 0.375. The number of likely N-dealkylation sites (tertiary alicyclic amines) is 1. The average molecular weight is 319 g/mol. The fourth-order valence-corrected chi connectivity index (χ4v) is 2.90. The van der Waals surface area contributed by atoms with Crippen LogP contribution in [0, 0.1) is 12.8 Å². The summed E-state index contributed by atoms with van der Waals surface area (Å²) >= 11 is 5.90. The van der Waals surface area contributed by atoms with Gasteiger partial charge >= 0.3 is 0 Å². The Balaban J connectivity index is 1.83. The van der Waals surface area contributed by atoms with Crippen LogP contribution in [-0.2, 0) is 0 Å². The van der Waals surface area contributed by atoms with Gasteiger partial charge in [-0.05, 0) is 50.1 Å². The third-order valence-corrected chi connectivity index (χ3v) is 4.38. The van der Waals surface area contributed by atoms with Crippen LogP contribution in [0.3, 0.4) is 0 Å². The number of halogens is 1. The second-order valence-corrected chi connectivity index (χ2v) is 6.13. The van der Waals surface area contributed by atoms with Gasteiger partial charge in [0.2, 0.25) is 0 Å². The number of carbonyl (C=O) groups is 1. The van der Waals surface area contributed by atoms with Crippen LogP contribution in [0.5, 0.6) is 0 Å². The van der Waals surface area contributed by atoms with Crippen LogP contribution in [0.25, 0.3) is 5.69 Å². The summed E-state index contributed by atoms with van der Waals surface area (Å²) in [7, 11) is 0. The minimum absolute atomic E-state index is 0.0358. The number of nitrogens with two attached hydrogens (primary N) is 1. The Morgan fingerprint density at radius 1 is 1.41 bits per heavy atom. The molecule has 0 aliphatic carbocycles. The molecule has 2 N–H and O–H groups in total. The van der Waals surface area contributed by atoms with Gasteiger partial charge in [0.1, 0.15) is 0 Å². The van der Waals surface area contributed by atoms with E-state index < -0.39 is 0 Å². The number of aryl methyl sites for hydroxylation is 1. The van der Waals surface area contributed by atoms with Crippen molar-refractivity contribution in [3.63, 3.8) is 0 Å². The molecule has 1 aliphatic rings. The molecular weight excluding hydrogens is 300 g/mol. The van der Waals surface area contributed by atoms with Crippen molar-refractivity contribution in [1.82, 2.24) is 14.7 Å². The highest BCUT2D eigenvalue weighted by Gasteiger charge is 2.28. The molecule has 22 heavy (non-hydrogen) atoms. The standard InChI is InChI=1S/C16H19ClN4O/c1-11-15(16(22)20-7-6-12(8-18)9-20)10-21(19-11)14-4-2-13(17)3-5-14/h2-5,10,12H,6-9,18H2,1H3. The van der Waals surface area contributed by atoms with Gasteiger partial charge in [0.05, 0.1) is 16.9 Å². The van der Waals surface area contributed by atoms with Gasteiger partial charge in [-0.15, -0.1) is 0 Å². The Bertz CT molecular complexity index is 680. The first-order valence-corrected chi connectivity index (χ1v) is 7.78. The molecule has 1 aromatic heterocycles. The maximum atomic E-state index is 12.6. The van der Waals surface area contributed by atoms with Gasteiger partial charge in [0.25, 0.3) is 5.91 Å². The Labute approximate surface area is 134 Å². The monoisotopic (exact) mass is 318 g/mol. The number of nitrogens with zero attached hydrogens (tertiary/aromatic N) is 3. The van der Waals surface area contributed by atoms with Crippen molar-refractivity contribution in [1.29, 1.82) is 0 Å². The van der Waals surface area contributed by atoms with Crippen molar-refractivity contribution in [2.75, 3.05) is 19.6 Å². The van der Waals surface area contributed by atoms with E-state index in [1.165, 1.54) is 0 Å². The number of hydrogen-bond acceptors (Lipinski definition) is 3. The van der Waals surface area contributed by atoms with E-state index in [2.05, 4.69) is 5.10 Å². The molecule has 1 saturated heterocycles. The molecule has 0 bridgehead atoms. The maximum Gasteiger partial charge on any atom is 0.257 e. The predicted octanol–water partition coefficient (Wildman–Crippen LogP) is 2.25. The molecule has 1 amide bonds. The molecule has 116 valence electrons. The lowest BCUT2D eigenvalue weighted by molar-refractivity contribution is 0.0787. The lowest BCUT2D eigenvalue weighted by Gasteiger charge is -2.15. The highest BCUT2D eigenvalue weighted by atomic mass is 35.5. The topological polar surface area (TPSA) is 64.2 Å². The van der Waals surface area contributed by atoms with Crippen molar-refractivity contribution < 1.29 is 4.79 Å². The van der Waals surface area contributed by atoms with E-state index >= 15 is 0 Å². The van der Waals surface area contributed by atoms with Gasteiger partial charge in [-0.3, -0.25) is 4.79 Å². The zero-order valence-electron chi connectivity index (χ0n) is 12.5. The van der Waals surface area contributed by atoms with Crippen molar-refractivity contribution in [2.45, 2.75) is 13.3 Å². The van der Waals surface area contributed by atoms with Crippen molar-refractivity contribution >= 4 is 17.5 Å². The molecule has 1 fully saturated rings. The smallest absolute Gasteiger partial charge is 0.257 e.